The molecule has 1 spiro atoms. The van der Waals surface area contributed by atoms with Gasteiger partial charge in [0.25, 0.3) is 10.8 Å². The predicted molar refractivity (Wildman–Crippen MR) is 123 cm³/mol. The van der Waals surface area contributed by atoms with Crippen LogP contribution in [0.4, 0.5) is 15.8 Å². The summed E-state index contributed by atoms with van der Waals surface area (Å²) < 4.78 is 41.6. The minimum atomic E-state index is -4.29. The largest absolute Gasteiger partial charge is 0.304 e. The predicted octanol–water partition coefficient (Wildman–Crippen LogP) is 3.95. The Bertz CT molecular complexity index is 1400. The molecule has 3 aromatic rings. The van der Waals surface area contributed by atoms with Crippen LogP contribution >= 0.6 is 11.6 Å². The van der Waals surface area contributed by atoms with Gasteiger partial charge in [0.1, 0.15) is 11.6 Å². The molecule has 0 aromatic heterocycles. The topological polar surface area (TPSA) is 74.8 Å². The number of fused-ring (bicyclic) bond motifs is 2. The number of rotatable bonds is 3. The third-order valence-electron chi connectivity index (χ3n) is 6.09. The quantitative estimate of drug-likeness (QED) is 0.564. The van der Waals surface area contributed by atoms with Crippen LogP contribution in [0, 0.1) is 12.7 Å². The number of hydrogen-bond donors (Lipinski definition) is 0. The molecule has 6 nitrogen and oxygen atoms in total. The molecular weight excluding hydrogens is 467 g/mol. The van der Waals surface area contributed by atoms with Crippen molar-refractivity contribution >= 4 is 44.6 Å². The molecule has 1 unspecified atom stereocenters. The lowest BCUT2D eigenvalue weighted by Gasteiger charge is -2.32. The Balaban J connectivity index is 1.75. The molecule has 2 aliphatic rings. The van der Waals surface area contributed by atoms with Crippen LogP contribution in [-0.2, 0) is 30.8 Å². The van der Waals surface area contributed by atoms with Crippen molar-refractivity contribution in [2.45, 2.75) is 18.3 Å². The lowest BCUT2D eigenvalue weighted by Crippen LogP contribution is -2.54. The Kier molecular flexibility index (Phi) is 4.84. The van der Waals surface area contributed by atoms with Crippen LogP contribution in [-0.4, -0.2) is 26.0 Å². The van der Waals surface area contributed by atoms with Gasteiger partial charge in [-0.05, 0) is 37.3 Å². The fourth-order valence-electron chi connectivity index (χ4n) is 4.58. The summed E-state index contributed by atoms with van der Waals surface area (Å²) >= 11 is 6.19. The van der Waals surface area contributed by atoms with Gasteiger partial charge in [0, 0.05) is 21.8 Å². The number of hydrogen-bond acceptors (Lipinski definition) is 4. The van der Waals surface area contributed by atoms with Gasteiger partial charge in [-0.1, -0.05) is 53.6 Å². The third kappa shape index (κ3) is 2.94. The number of benzene rings is 3. The first-order valence-electron chi connectivity index (χ1n) is 10.1. The van der Waals surface area contributed by atoms with E-state index in [1.165, 1.54) is 29.2 Å². The van der Waals surface area contributed by atoms with Crippen molar-refractivity contribution in [1.82, 2.24) is 0 Å². The summed E-state index contributed by atoms with van der Waals surface area (Å²) in [6, 6.07) is 17.2. The molecule has 1 fully saturated rings. The van der Waals surface area contributed by atoms with Crippen molar-refractivity contribution < 1.29 is 22.4 Å². The lowest BCUT2D eigenvalue weighted by molar-refractivity contribution is -0.123. The summed E-state index contributed by atoms with van der Waals surface area (Å²) in [6.45, 7) is 1.58. The molecule has 168 valence electrons. The van der Waals surface area contributed by atoms with Gasteiger partial charge < -0.3 is 4.90 Å². The number of aryl methyl sites for hydroxylation is 1. The first kappa shape index (κ1) is 21.6. The van der Waals surface area contributed by atoms with Crippen molar-refractivity contribution in [3.8, 4) is 0 Å². The Morgan fingerprint density at radius 3 is 2.39 bits per heavy atom. The maximum Gasteiger partial charge on any atom is 0.274 e. The number of halogens is 2. The molecule has 1 atom stereocenters. The number of para-hydroxylation sites is 1. The Morgan fingerprint density at radius 1 is 1.00 bits per heavy atom. The number of carbonyl (C=O) groups is 2. The van der Waals surface area contributed by atoms with Gasteiger partial charge in [-0.2, -0.15) is 0 Å². The third-order valence-corrected chi connectivity index (χ3v) is 8.55. The highest BCUT2D eigenvalue weighted by molar-refractivity contribution is 7.94. The molecule has 5 rings (SSSR count). The Hall–Kier alpha value is -3.23. The summed E-state index contributed by atoms with van der Waals surface area (Å²) in [5.41, 5.74) is 1.71. The van der Waals surface area contributed by atoms with E-state index in [1.807, 2.05) is 6.92 Å². The molecule has 0 aliphatic carbocycles. The number of sulfone groups is 1. The van der Waals surface area contributed by atoms with Crippen molar-refractivity contribution in [2.24, 2.45) is 0 Å². The van der Waals surface area contributed by atoms with Crippen LogP contribution in [0.2, 0.25) is 5.02 Å². The van der Waals surface area contributed by atoms with Crippen LogP contribution in [0.3, 0.4) is 0 Å². The zero-order valence-corrected chi connectivity index (χ0v) is 19.0. The van der Waals surface area contributed by atoms with E-state index in [0.29, 0.717) is 5.69 Å². The van der Waals surface area contributed by atoms with Crippen molar-refractivity contribution in [2.75, 3.05) is 15.6 Å². The minimum Gasteiger partial charge on any atom is -0.304 e. The summed E-state index contributed by atoms with van der Waals surface area (Å²) in [4.78, 5) is 27.1. The second kappa shape index (κ2) is 7.40. The van der Waals surface area contributed by atoms with E-state index in [-0.39, 0.29) is 28.4 Å². The van der Waals surface area contributed by atoms with Crippen LogP contribution in [0.5, 0.6) is 0 Å². The number of amides is 2. The number of carbonyl (C=O) groups excluding carboxylic acids is 2. The molecule has 2 aliphatic heterocycles. The highest BCUT2D eigenvalue weighted by atomic mass is 35.5. The summed E-state index contributed by atoms with van der Waals surface area (Å²) in [5, 5.41) is 0.113. The van der Waals surface area contributed by atoms with Crippen LogP contribution in [0.25, 0.3) is 0 Å². The van der Waals surface area contributed by atoms with E-state index >= 15 is 0 Å². The van der Waals surface area contributed by atoms with E-state index in [2.05, 4.69) is 0 Å². The van der Waals surface area contributed by atoms with Gasteiger partial charge in [0.15, 0.2) is 9.84 Å². The van der Waals surface area contributed by atoms with Crippen LogP contribution < -0.4 is 9.80 Å². The average molecular weight is 485 g/mol. The smallest absolute Gasteiger partial charge is 0.274 e. The summed E-state index contributed by atoms with van der Waals surface area (Å²) in [5.74, 6) is -2.97. The Labute approximate surface area is 195 Å². The second-order valence-corrected chi connectivity index (χ2v) is 10.6. The molecular formula is C24H18ClFN2O4S. The molecule has 2 heterocycles. The molecule has 0 bridgehead atoms. The minimum absolute atomic E-state index is 0.0583. The van der Waals surface area contributed by atoms with Gasteiger partial charge in [0.2, 0.25) is 5.91 Å². The van der Waals surface area contributed by atoms with E-state index < -0.39 is 38.1 Å². The Morgan fingerprint density at radius 2 is 1.70 bits per heavy atom. The van der Waals surface area contributed by atoms with E-state index in [9.17, 15) is 22.4 Å². The monoisotopic (exact) mass is 484 g/mol. The maximum atomic E-state index is 14.6. The SMILES string of the molecule is Cc1ccc(N2C(=O)CS(=O)(=O)C23C(=O)N(Cc2c(F)cccc2Cl)c2ccccc23)cc1. The van der Waals surface area contributed by atoms with Crippen LogP contribution in [0.15, 0.2) is 66.7 Å². The summed E-state index contributed by atoms with van der Waals surface area (Å²) in [7, 11) is -4.29. The molecule has 1 saturated heterocycles. The maximum absolute atomic E-state index is 14.6. The standard InChI is InChI=1S/C24H18ClFN2O4S/c1-15-9-11-16(12-10-15)28-22(29)14-33(31,32)24(28)18-5-2-3-8-21(18)27(23(24)30)13-17-19(25)6-4-7-20(17)26/h2-12H,13-14H2,1H3. The molecule has 0 N–H and O–H groups in total. The van der Waals surface area contributed by atoms with Gasteiger partial charge in [-0.15, -0.1) is 0 Å². The van der Waals surface area contributed by atoms with E-state index in [4.69, 9.17) is 11.6 Å². The number of nitrogens with zero attached hydrogens (tertiary/aromatic N) is 2. The highest BCUT2D eigenvalue weighted by Crippen LogP contribution is 2.53. The molecule has 9 heteroatoms. The molecule has 2 amide bonds. The van der Waals surface area contributed by atoms with Gasteiger partial charge in [-0.3, -0.25) is 14.5 Å². The molecule has 0 radical (unpaired) electrons. The second-order valence-electron chi connectivity index (χ2n) is 8.08. The molecule has 33 heavy (non-hydrogen) atoms. The first-order valence-corrected chi connectivity index (χ1v) is 12.2. The number of anilines is 2. The fourth-order valence-corrected chi connectivity index (χ4v) is 6.84. The zero-order chi connectivity index (χ0) is 23.5. The van der Waals surface area contributed by atoms with Crippen molar-refractivity contribution in [1.29, 1.82) is 0 Å². The average Bonchev–Trinajstić information content (AvgIpc) is 3.14. The normalized spacial score (nSPS) is 21.2. The molecule has 3 aromatic carbocycles. The fraction of sp³-hybridized carbons (Fsp3) is 0.167. The molecule has 0 saturated carbocycles. The van der Waals surface area contributed by atoms with Crippen molar-refractivity contribution in [3.05, 3.63) is 94.3 Å². The zero-order valence-electron chi connectivity index (χ0n) is 17.5. The van der Waals surface area contributed by atoms with Crippen LogP contribution in [0.1, 0.15) is 16.7 Å². The van der Waals surface area contributed by atoms with E-state index in [0.717, 1.165) is 10.5 Å². The van der Waals surface area contributed by atoms with Gasteiger partial charge in [0.05, 0.1) is 12.2 Å². The lowest BCUT2D eigenvalue weighted by atomic mass is 10.0. The van der Waals surface area contributed by atoms with E-state index in [1.54, 1.807) is 42.5 Å². The highest BCUT2D eigenvalue weighted by Gasteiger charge is 2.69. The first-order chi connectivity index (χ1) is 15.7. The van der Waals surface area contributed by atoms with Gasteiger partial charge in [-0.25, -0.2) is 12.8 Å². The van der Waals surface area contributed by atoms with Crippen molar-refractivity contribution in [3.63, 3.8) is 0 Å². The summed E-state index contributed by atoms with van der Waals surface area (Å²) in [6.07, 6.45) is 0. The van der Waals surface area contributed by atoms with Gasteiger partial charge >= 0.3 is 0 Å².